The van der Waals surface area contributed by atoms with E-state index in [0.29, 0.717) is 24.6 Å². The third-order valence-electron chi connectivity index (χ3n) is 4.21. The van der Waals surface area contributed by atoms with Crippen LogP contribution in [0, 0.1) is 0 Å². The van der Waals surface area contributed by atoms with Crippen molar-refractivity contribution >= 4 is 39.0 Å². The maximum absolute atomic E-state index is 12.8. The van der Waals surface area contributed by atoms with Crippen LogP contribution in [0.2, 0.25) is 5.02 Å². The average molecular weight is 410 g/mol. The van der Waals surface area contributed by atoms with Gasteiger partial charge in [0.2, 0.25) is 10.0 Å². The van der Waals surface area contributed by atoms with Crippen LogP contribution in [0.1, 0.15) is 23.3 Å². The van der Waals surface area contributed by atoms with E-state index in [1.807, 2.05) is 14.1 Å². The zero-order chi connectivity index (χ0) is 19.6. The lowest BCUT2D eigenvalue weighted by Crippen LogP contribution is -2.28. The number of carbonyl (C=O) groups is 1. The smallest absolute Gasteiger partial charge is 0.276 e. The minimum atomic E-state index is -3.69. The second-order valence-corrected chi connectivity index (χ2v) is 8.70. The molecular formula is C17H20ClN5O3S. The fraction of sp³-hybridized carbons (Fsp3) is 0.353. The van der Waals surface area contributed by atoms with Gasteiger partial charge >= 0.3 is 0 Å². The lowest BCUT2D eigenvalue weighted by Gasteiger charge is -2.17. The lowest BCUT2D eigenvalue weighted by molar-refractivity contribution is 0.102. The van der Waals surface area contributed by atoms with Crippen molar-refractivity contribution in [2.75, 3.05) is 37.4 Å². The second-order valence-electron chi connectivity index (χ2n) is 6.38. The molecule has 144 valence electrons. The van der Waals surface area contributed by atoms with Crippen molar-refractivity contribution in [2.24, 2.45) is 0 Å². The van der Waals surface area contributed by atoms with E-state index in [4.69, 9.17) is 11.6 Å². The molecule has 1 N–H and O–H groups in total. The Bertz CT molecular complexity index is 942. The SMILES string of the molecule is CN(C)c1ccc(C(=O)Nc2ccc(Cl)c(S(=O)(=O)N3CCCC3)c2)nn1. The summed E-state index contributed by atoms with van der Waals surface area (Å²) in [4.78, 5) is 14.1. The van der Waals surface area contributed by atoms with E-state index in [2.05, 4.69) is 15.5 Å². The average Bonchev–Trinajstić information content (AvgIpc) is 3.19. The van der Waals surface area contributed by atoms with E-state index in [1.165, 1.54) is 16.4 Å². The van der Waals surface area contributed by atoms with Gasteiger partial charge in [-0.25, -0.2) is 8.42 Å². The number of sulfonamides is 1. The van der Waals surface area contributed by atoms with Crippen LogP contribution in [0.4, 0.5) is 11.5 Å². The van der Waals surface area contributed by atoms with Crippen molar-refractivity contribution in [2.45, 2.75) is 17.7 Å². The molecule has 2 aromatic rings. The van der Waals surface area contributed by atoms with Gasteiger partial charge in [-0.15, -0.1) is 10.2 Å². The molecule has 0 unspecified atom stereocenters. The van der Waals surface area contributed by atoms with Crippen LogP contribution in [0.3, 0.4) is 0 Å². The molecule has 1 amide bonds. The van der Waals surface area contributed by atoms with E-state index in [-0.39, 0.29) is 15.6 Å². The summed E-state index contributed by atoms with van der Waals surface area (Å²) >= 11 is 6.11. The standard InChI is InChI=1S/C17H20ClN5O3S/c1-22(2)16-8-7-14(20-21-16)17(24)19-12-5-6-13(18)15(11-12)27(25,26)23-9-3-4-10-23/h5-8,11H,3-4,9-10H2,1-2H3,(H,19,24). The molecule has 8 nitrogen and oxygen atoms in total. The Morgan fingerprint density at radius 1 is 1.15 bits per heavy atom. The lowest BCUT2D eigenvalue weighted by atomic mass is 10.3. The molecule has 1 aromatic heterocycles. The molecule has 0 atom stereocenters. The summed E-state index contributed by atoms with van der Waals surface area (Å²) in [5, 5.41) is 10.6. The summed E-state index contributed by atoms with van der Waals surface area (Å²) in [5.41, 5.74) is 0.445. The molecule has 1 fully saturated rings. The van der Waals surface area contributed by atoms with Crippen molar-refractivity contribution in [3.63, 3.8) is 0 Å². The van der Waals surface area contributed by atoms with Crippen molar-refractivity contribution in [3.05, 3.63) is 41.0 Å². The van der Waals surface area contributed by atoms with Crippen LogP contribution in [0.25, 0.3) is 0 Å². The predicted octanol–water partition coefficient (Wildman–Crippen LogP) is 2.23. The van der Waals surface area contributed by atoms with E-state index in [0.717, 1.165) is 12.8 Å². The molecule has 27 heavy (non-hydrogen) atoms. The van der Waals surface area contributed by atoms with E-state index in [9.17, 15) is 13.2 Å². The molecule has 2 heterocycles. The van der Waals surface area contributed by atoms with Gasteiger partial charge in [0.1, 0.15) is 4.90 Å². The van der Waals surface area contributed by atoms with Gasteiger partial charge in [-0.05, 0) is 43.2 Å². The quantitative estimate of drug-likeness (QED) is 0.813. The van der Waals surface area contributed by atoms with Gasteiger partial charge in [0, 0.05) is 32.9 Å². The summed E-state index contributed by atoms with van der Waals surface area (Å²) in [7, 11) is -0.0523. The van der Waals surface area contributed by atoms with Crippen molar-refractivity contribution < 1.29 is 13.2 Å². The molecule has 0 aliphatic carbocycles. The largest absolute Gasteiger partial charge is 0.361 e. The first-order valence-electron chi connectivity index (χ1n) is 8.41. The normalized spacial score (nSPS) is 14.9. The van der Waals surface area contributed by atoms with Crippen molar-refractivity contribution in [3.8, 4) is 0 Å². The van der Waals surface area contributed by atoms with Gasteiger partial charge in [0.05, 0.1) is 5.02 Å². The molecule has 10 heteroatoms. The van der Waals surface area contributed by atoms with Gasteiger partial charge < -0.3 is 10.2 Å². The fourth-order valence-corrected chi connectivity index (χ4v) is 4.74. The van der Waals surface area contributed by atoms with Gasteiger partial charge in [-0.3, -0.25) is 4.79 Å². The van der Waals surface area contributed by atoms with Crippen molar-refractivity contribution in [1.29, 1.82) is 0 Å². The highest BCUT2D eigenvalue weighted by atomic mass is 35.5. The minimum absolute atomic E-state index is 0.0158. The number of nitrogens with one attached hydrogen (secondary N) is 1. The van der Waals surface area contributed by atoms with Crippen LogP contribution < -0.4 is 10.2 Å². The molecule has 0 bridgehead atoms. The first kappa shape index (κ1) is 19.5. The number of benzene rings is 1. The number of aromatic nitrogens is 2. The monoisotopic (exact) mass is 409 g/mol. The third kappa shape index (κ3) is 4.20. The highest BCUT2D eigenvalue weighted by Crippen LogP contribution is 2.29. The first-order valence-corrected chi connectivity index (χ1v) is 10.2. The van der Waals surface area contributed by atoms with Crippen LogP contribution in [0.5, 0.6) is 0 Å². The molecular weight excluding hydrogens is 390 g/mol. The zero-order valence-electron chi connectivity index (χ0n) is 15.0. The number of carbonyl (C=O) groups excluding carboxylic acids is 1. The number of nitrogens with zero attached hydrogens (tertiary/aromatic N) is 4. The summed E-state index contributed by atoms with van der Waals surface area (Å²) in [6.45, 7) is 0.951. The number of amides is 1. The Hall–Kier alpha value is -2.23. The van der Waals surface area contributed by atoms with Crippen molar-refractivity contribution in [1.82, 2.24) is 14.5 Å². The fourth-order valence-electron chi connectivity index (χ4n) is 2.73. The third-order valence-corrected chi connectivity index (χ3v) is 6.59. The molecule has 0 spiro atoms. The Morgan fingerprint density at radius 3 is 2.44 bits per heavy atom. The topological polar surface area (TPSA) is 95.5 Å². The summed E-state index contributed by atoms with van der Waals surface area (Å²) < 4.78 is 26.9. The van der Waals surface area contributed by atoms with Gasteiger partial charge in [-0.2, -0.15) is 4.31 Å². The van der Waals surface area contributed by atoms with E-state index < -0.39 is 15.9 Å². The van der Waals surface area contributed by atoms with E-state index >= 15 is 0 Å². The maximum Gasteiger partial charge on any atom is 0.276 e. The van der Waals surface area contributed by atoms with Crippen LogP contribution in [0.15, 0.2) is 35.2 Å². The minimum Gasteiger partial charge on any atom is -0.361 e. The molecule has 0 saturated carbocycles. The van der Waals surface area contributed by atoms with Gasteiger partial charge in [-0.1, -0.05) is 11.6 Å². The highest BCUT2D eigenvalue weighted by molar-refractivity contribution is 7.89. The van der Waals surface area contributed by atoms with Crippen LogP contribution in [-0.2, 0) is 10.0 Å². The summed E-state index contributed by atoms with van der Waals surface area (Å²) in [6.07, 6.45) is 1.66. The molecule has 1 aliphatic rings. The molecule has 1 aromatic carbocycles. The first-order chi connectivity index (χ1) is 12.8. The highest BCUT2D eigenvalue weighted by Gasteiger charge is 2.29. The summed E-state index contributed by atoms with van der Waals surface area (Å²) in [6, 6.07) is 7.60. The number of hydrogen-bond acceptors (Lipinski definition) is 6. The zero-order valence-corrected chi connectivity index (χ0v) is 16.6. The maximum atomic E-state index is 12.8. The second kappa shape index (κ2) is 7.79. The Labute approximate surface area is 163 Å². The number of anilines is 2. The van der Waals surface area contributed by atoms with Gasteiger partial charge in [0.15, 0.2) is 11.5 Å². The molecule has 3 rings (SSSR count). The van der Waals surface area contributed by atoms with Crippen LogP contribution in [-0.4, -0.2) is 56.0 Å². The predicted molar refractivity (Wildman–Crippen MR) is 104 cm³/mol. The van der Waals surface area contributed by atoms with Crippen LogP contribution >= 0.6 is 11.6 Å². The van der Waals surface area contributed by atoms with E-state index in [1.54, 1.807) is 23.1 Å². The number of halogens is 1. The molecule has 0 radical (unpaired) electrons. The Balaban J connectivity index is 1.82. The molecule has 1 saturated heterocycles. The Morgan fingerprint density at radius 2 is 1.85 bits per heavy atom. The molecule has 1 aliphatic heterocycles. The summed E-state index contributed by atoms with van der Waals surface area (Å²) in [5.74, 6) is 0.136. The Kier molecular flexibility index (Phi) is 5.64. The number of rotatable bonds is 5. The van der Waals surface area contributed by atoms with Gasteiger partial charge in [0.25, 0.3) is 5.91 Å². The number of hydrogen-bond donors (Lipinski definition) is 1.